The van der Waals surface area contributed by atoms with Crippen LogP contribution in [-0.4, -0.2) is 27.4 Å². The monoisotopic (exact) mass is 384 g/mol. The highest BCUT2D eigenvalue weighted by molar-refractivity contribution is 7.92. The Labute approximate surface area is 160 Å². The molecule has 1 aliphatic heterocycles. The zero-order valence-corrected chi connectivity index (χ0v) is 16.7. The third kappa shape index (κ3) is 3.12. The second-order valence-corrected chi connectivity index (χ2v) is 9.60. The molecular formula is C21H24N2O3S. The van der Waals surface area contributed by atoms with Crippen LogP contribution in [0.15, 0.2) is 47.4 Å². The molecule has 0 aromatic heterocycles. The van der Waals surface area contributed by atoms with E-state index in [0.717, 1.165) is 29.7 Å². The summed E-state index contributed by atoms with van der Waals surface area (Å²) >= 11 is 0. The predicted molar refractivity (Wildman–Crippen MR) is 107 cm³/mol. The Morgan fingerprint density at radius 1 is 1.11 bits per heavy atom. The molecule has 1 aliphatic carbocycles. The molecule has 142 valence electrons. The molecule has 1 fully saturated rings. The van der Waals surface area contributed by atoms with Gasteiger partial charge in [0.15, 0.2) is 0 Å². The maximum atomic E-state index is 13.1. The number of carbonyl (C=O) groups is 1. The van der Waals surface area contributed by atoms with E-state index in [0.29, 0.717) is 12.1 Å². The van der Waals surface area contributed by atoms with Crippen molar-refractivity contribution in [3.05, 3.63) is 53.6 Å². The van der Waals surface area contributed by atoms with Gasteiger partial charge in [-0.15, -0.1) is 0 Å². The fourth-order valence-corrected chi connectivity index (χ4v) is 4.93. The van der Waals surface area contributed by atoms with E-state index in [9.17, 15) is 13.2 Å². The van der Waals surface area contributed by atoms with Crippen LogP contribution in [-0.2, 0) is 21.2 Å². The molecular weight excluding hydrogens is 360 g/mol. The first-order valence-electron chi connectivity index (χ1n) is 9.30. The zero-order chi connectivity index (χ0) is 19.3. The predicted octanol–water partition coefficient (Wildman–Crippen LogP) is 3.51. The van der Waals surface area contributed by atoms with E-state index in [4.69, 9.17) is 0 Å². The first kappa shape index (κ1) is 18.0. The van der Waals surface area contributed by atoms with Crippen molar-refractivity contribution < 1.29 is 13.2 Å². The van der Waals surface area contributed by atoms with E-state index in [1.54, 1.807) is 37.4 Å². The minimum Gasteiger partial charge on any atom is -0.309 e. The third-order valence-electron chi connectivity index (χ3n) is 5.49. The highest BCUT2D eigenvalue weighted by atomic mass is 32.2. The number of fused-ring (bicyclic) bond motifs is 1. The molecule has 4 rings (SSSR count). The van der Waals surface area contributed by atoms with Crippen LogP contribution in [0, 0.1) is 12.8 Å². The minimum atomic E-state index is -3.66. The number of aryl methyl sites for hydroxylation is 1. The molecule has 1 saturated carbocycles. The SMILES string of the molecule is Cc1ccc(N(C)S(=O)(=O)c2ccc3c(c2)C[C@H](C)N3C(=O)C2CC2)cc1. The van der Waals surface area contributed by atoms with Crippen molar-refractivity contribution >= 4 is 27.3 Å². The van der Waals surface area contributed by atoms with Crippen molar-refractivity contribution in [3.63, 3.8) is 0 Å². The molecule has 2 aromatic carbocycles. The summed E-state index contributed by atoms with van der Waals surface area (Å²) in [6.45, 7) is 3.99. The molecule has 0 radical (unpaired) electrons. The average Bonchev–Trinajstić information content (AvgIpc) is 3.43. The van der Waals surface area contributed by atoms with Gasteiger partial charge in [-0.2, -0.15) is 0 Å². The Hall–Kier alpha value is -2.34. The quantitative estimate of drug-likeness (QED) is 0.811. The molecule has 1 heterocycles. The Kier molecular flexibility index (Phi) is 4.26. The summed E-state index contributed by atoms with van der Waals surface area (Å²) in [5, 5.41) is 0. The Morgan fingerprint density at radius 2 is 1.78 bits per heavy atom. The molecule has 27 heavy (non-hydrogen) atoms. The largest absolute Gasteiger partial charge is 0.309 e. The number of hydrogen-bond acceptors (Lipinski definition) is 3. The maximum Gasteiger partial charge on any atom is 0.264 e. The van der Waals surface area contributed by atoms with E-state index in [1.807, 2.05) is 30.9 Å². The third-order valence-corrected chi connectivity index (χ3v) is 7.27. The summed E-state index contributed by atoms with van der Waals surface area (Å²) in [7, 11) is -2.09. The lowest BCUT2D eigenvalue weighted by molar-refractivity contribution is -0.120. The van der Waals surface area contributed by atoms with Crippen LogP contribution in [0.1, 0.15) is 30.9 Å². The Bertz CT molecular complexity index is 995. The van der Waals surface area contributed by atoms with Gasteiger partial charge in [0.2, 0.25) is 5.91 Å². The molecule has 0 N–H and O–H groups in total. The van der Waals surface area contributed by atoms with Gasteiger partial charge in [-0.1, -0.05) is 17.7 Å². The van der Waals surface area contributed by atoms with Crippen LogP contribution >= 0.6 is 0 Å². The fourth-order valence-electron chi connectivity index (χ4n) is 3.68. The smallest absolute Gasteiger partial charge is 0.264 e. The van der Waals surface area contributed by atoms with Crippen LogP contribution in [0.3, 0.4) is 0 Å². The lowest BCUT2D eigenvalue weighted by Crippen LogP contribution is -2.36. The second kappa shape index (κ2) is 6.37. The first-order valence-corrected chi connectivity index (χ1v) is 10.7. The number of amides is 1. The van der Waals surface area contributed by atoms with Crippen LogP contribution in [0.4, 0.5) is 11.4 Å². The molecule has 0 spiro atoms. The van der Waals surface area contributed by atoms with Gasteiger partial charge in [0.1, 0.15) is 0 Å². The highest BCUT2D eigenvalue weighted by Crippen LogP contribution is 2.40. The number of rotatable bonds is 4. The van der Waals surface area contributed by atoms with Crippen molar-refractivity contribution in [2.45, 2.75) is 44.0 Å². The summed E-state index contributed by atoms with van der Waals surface area (Å²) in [6, 6.07) is 12.6. The molecule has 0 bridgehead atoms. The molecule has 1 amide bonds. The van der Waals surface area contributed by atoms with E-state index in [2.05, 4.69) is 0 Å². The minimum absolute atomic E-state index is 0.0703. The molecule has 1 atom stereocenters. The van der Waals surface area contributed by atoms with Gasteiger partial charge in [0.25, 0.3) is 10.0 Å². The number of sulfonamides is 1. The van der Waals surface area contributed by atoms with Crippen molar-refractivity contribution in [2.75, 3.05) is 16.3 Å². The van der Waals surface area contributed by atoms with E-state index >= 15 is 0 Å². The topological polar surface area (TPSA) is 57.7 Å². The fraction of sp³-hybridized carbons (Fsp3) is 0.381. The number of benzene rings is 2. The lowest BCUT2D eigenvalue weighted by atomic mass is 10.1. The zero-order valence-electron chi connectivity index (χ0n) is 15.8. The molecule has 0 unspecified atom stereocenters. The van der Waals surface area contributed by atoms with Crippen LogP contribution in [0.25, 0.3) is 0 Å². The van der Waals surface area contributed by atoms with E-state index in [1.165, 1.54) is 4.31 Å². The number of nitrogens with zero attached hydrogens (tertiary/aromatic N) is 2. The normalized spacial score (nSPS) is 19.1. The van der Waals surface area contributed by atoms with Crippen molar-refractivity contribution in [1.29, 1.82) is 0 Å². The van der Waals surface area contributed by atoms with Crippen LogP contribution in [0.5, 0.6) is 0 Å². The van der Waals surface area contributed by atoms with Crippen molar-refractivity contribution in [2.24, 2.45) is 5.92 Å². The first-order chi connectivity index (χ1) is 12.8. The number of hydrogen-bond donors (Lipinski definition) is 0. The highest BCUT2D eigenvalue weighted by Gasteiger charge is 2.40. The summed E-state index contributed by atoms with van der Waals surface area (Å²) in [4.78, 5) is 14.7. The van der Waals surface area contributed by atoms with E-state index in [-0.39, 0.29) is 22.8 Å². The molecule has 6 heteroatoms. The molecule has 2 aromatic rings. The van der Waals surface area contributed by atoms with Gasteiger partial charge >= 0.3 is 0 Å². The van der Waals surface area contributed by atoms with Crippen molar-refractivity contribution in [3.8, 4) is 0 Å². The summed E-state index contributed by atoms with van der Waals surface area (Å²) in [6.07, 6.45) is 2.61. The molecule has 5 nitrogen and oxygen atoms in total. The van der Waals surface area contributed by atoms with Gasteiger partial charge in [-0.05, 0) is 69.0 Å². The number of carbonyl (C=O) groups excluding carboxylic acids is 1. The van der Waals surface area contributed by atoms with Gasteiger partial charge in [0, 0.05) is 24.7 Å². The number of anilines is 2. The van der Waals surface area contributed by atoms with Gasteiger partial charge < -0.3 is 4.90 Å². The van der Waals surface area contributed by atoms with Crippen LogP contribution in [0.2, 0.25) is 0 Å². The summed E-state index contributed by atoms with van der Waals surface area (Å²) < 4.78 is 27.5. The van der Waals surface area contributed by atoms with Crippen molar-refractivity contribution in [1.82, 2.24) is 0 Å². The maximum absolute atomic E-state index is 13.1. The van der Waals surface area contributed by atoms with E-state index < -0.39 is 10.0 Å². The van der Waals surface area contributed by atoms with Crippen LogP contribution < -0.4 is 9.21 Å². The molecule has 2 aliphatic rings. The van der Waals surface area contributed by atoms with Gasteiger partial charge in [-0.3, -0.25) is 9.10 Å². The average molecular weight is 385 g/mol. The summed E-state index contributed by atoms with van der Waals surface area (Å²) in [5.74, 6) is 0.322. The molecule has 0 saturated heterocycles. The second-order valence-electron chi connectivity index (χ2n) is 7.63. The Morgan fingerprint density at radius 3 is 2.41 bits per heavy atom. The van der Waals surface area contributed by atoms with Gasteiger partial charge in [0.05, 0.1) is 10.6 Å². The standard InChI is InChI=1S/C21H24N2O3S/c1-14-4-8-18(9-5-14)22(3)27(25,26)19-10-11-20-17(13-19)12-15(2)23(20)21(24)16-6-7-16/h4-5,8-11,13,15-16H,6-7,12H2,1-3H3/t15-/m0/s1. The lowest BCUT2D eigenvalue weighted by Gasteiger charge is -2.23. The summed E-state index contributed by atoms with van der Waals surface area (Å²) in [5.41, 5.74) is 3.49. The Balaban J connectivity index is 1.66. The van der Waals surface area contributed by atoms with Gasteiger partial charge in [-0.25, -0.2) is 8.42 Å².